The Kier molecular flexibility index (Phi) is 5.58. The van der Waals surface area contributed by atoms with E-state index in [-0.39, 0.29) is 5.75 Å². The number of nitrogens with one attached hydrogen (secondary N) is 1. The molecular weight excluding hydrogens is 261 g/mol. The Labute approximate surface area is 117 Å². The first kappa shape index (κ1) is 14.6. The van der Waals surface area contributed by atoms with Crippen LogP contribution in [0.4, 0.5) is 4.39 Å². The molecule has 0 unspecified atom stereocenters. The maximum absolute atomic E-state index is 13.1. The lowest BCUT2D eigenvalue weighted by atomic mass is 10.2. The molecular formula is C15H18FNO3. The third-order valence-corrected chi connectivity index (χ3v) is 2.81. The molecule has 0 amide bonds. The van der Waals surface area contributed by atoms with Crippen molar-refractivity contribution in [2.45, 2.75) is 19.6 Å². The molecule has 0 aliphatic heterocycles. The lowest BCUT2D eigenvalue weighted by Gasteiger charge is -2.06. The van der Waals surface area contributed by atoms with Crippen LogP contribution in [-0.4, -0.2) is 18.3 Å². The molecule has 0 saturated heterocycles. The van der Waals surface area contributed by atoms with Gasteiger partial charge in [0.1, 0.15) is 12.4 Å². The van der Waals surface area contributed by atoms with Crippen LogP contribution in [0.15, 0.2) is 41.0 Å². The average Bonchev–Trinajstić information content (AvgIpc) is 2.95. The number of aromatic hydroxyl groups is 1. The van der Waals surface area contributed by atoms with Crippen molar-refractivity contribution in [3.8, 4) is 5.75 Å². The minimum atomic E-state index is -0.592. The van der Waals surface area contributed by atoms with Crippen molar-refractivity contribution < 1.29 is 18.7 Å². The molecule has 0 fully saturated rings. The maximum Gasteiger partial charge on any atom is 0.165 e. The van der Waals surface area contributed by atoms with Gasteiger partial charge in [-0.15, -0.1) is 0 Å². The number of rotatable bonds is 8. The summed E-state index contributed by atoms with van der Waals surface area (Å²) in [6, 6.07) is 8.09. The highest BCUT2D eigenvalue weighted by atomic mass is 19.1. The lowest BCUT2D eigenvalue weighted by molar-refractivity contribution is 0.104. The molecule has 108 valence electrons. The van der Waals surface area contributed by atoms with Crippen LogP contribution in [0.1, 0.15) is 17.7 Å². The van der Waals surface area contributed by atoms with Gasteiger partial charge in [0.05, 0.1) is 6.26 Å². The number of phenols is 1. The second-order valence-corrected chi connectivity index (χ2v) is 4.45. The predicted octanol–water partition coefficient (Wildman–Crippen LogP) is 2.82. The highest BCUT2D eigenvalue weighted by Crippen LogP contribution is 2.15. The summed E-state index contributed by atoms with van der Waals surface area (Å²) in [5, 5.41) is 12.3. The molecule has 20 heavy (non-hydrogen) atoms. The molecule has 0 saturated carbocycles. The SMILES string of the molecule is Oc1ccc(CNCCCOCc2ccco2)cc1F. The highest BCUT2D eigenvalue weighted by molar-refractivity contribution is 5.27. The lowest BCUT2D eigenvalue weighted by Crippen LogP contribution is -2.16. The molecule has 0 spiro atoms. The van der Waals surface area contributed by atoms with Gasteiger partial charge in [0.2, 0.25) is 0 Å². The Morgan fingerprint density at radius 1 is 1.30 bits per heavy atom. The molecule has 4 nitrogen and oxygen atoms in total. The normalized spacial score (nSPS) is 10.8. The fraction of sp³-hybridized carbons (Fsp3) is 0.333. The molecule has 2 rings (SSSR count). The summed E-state index contributed by atoms with van der Waals surface area (Å²) in [6.07, 6.45) is 2.48. The molecule has 0 aliphatic rings. The largest absolute Gasteiger partial charge is 0.505 e. The van der Waals surface area contributed by atoms with Crippen LogP contribution in [0.5, 0.6) is 5.75 Å². The topological polar surface area (TPSA) is 54.6 Å². The predicted molar refractivity (Wildman–Crippen MR) is 72.8 cm³/mol. The van der Waals surface area contributed by atoms with E-state index >= 15 is 0 Å². The van der Waals surface area contributed by atoms with Gasteiger partial charge in [-0.25, -0.2) is 4.39 Å². The quantitative estimate of drug-likeness (QED) is 0.730. The maximum atomic E-state index is 13.1. The third kappa shape index (κ3) is 4.68. The van der Waals surface area contributed by atoms with Crippen LogP contribution < -0.4 is 5.32 Å². The number of hydrogen-bond donors (Lipinski definition) is 2. The van der Waals surface area contributed by atoms with Crippen LogP contribution >= 0.6 is 0 Å². The van der Waals surface area contributed by atoms with Gasteiger partial charge in [-0.1, -0.05) is 6.07 Å². The van der Waals surface area contributed by atoms with Crippen molar-refractivity contribution in [3.05, 3.63) is 53.7 Å². The van der Waals surface area contributed by atoms with Crippen molar-refractivity contribution in [2.24, 2.45) is 0 Å². The minimum Gasteiger partial charge on any atom is -0.505 e. The number of phenolic OH excluding ortho intramolecular Hbond substituents is 1. The van der Waals surface area contributed by atoms with E-state index in [0.717, 1.165) is 24.3 Å². The van der Waals surface area contributed by atoms with Crippen LogP contribution in [0.3, 0.4) is 0 Å². The molecule has 1 aromatic carbocycles. The molecule has 0 atom stereocenters. The summed E-state index contributed by atoms with van der Waals surface area (Å²) < 4.78 is 23.7. The van der Waals surface area contributed by atoms with Gasteiger partial charge >= 0.3 is 0 Å². The zero-order valence-corrected chi connectivity index (χ0v) is 11.1. The summed E-state index contributed by atoms with van der Waals surface area (Å²) in [5.41, 5.74) is 0.803. The molecule has 2 N–H and O–H groups in total. The van der Waals surface area contributed by atoms with E-state index in [1.165, 1.54) is 12.1 Å². The number of ether oxygens (including phenoxy) is 1. The first-order chi connectivity index (χ1) is 9.75. The summed E-state index contributed by atoms with van der Waals surface area (Å²) >= 11 is 0. The van der Waals surface area contributed by atoms with Crippen molar-refractivity contribution in [1.82, 2.24) is 5.32 Å². The van der Waals surface area contributed by atoms with Gasteiger partial charge in [-0.2, -0.15) is 0 Å². The molecule has 1 heterocycles. The number of hydrogen-bond acceptors (Lipinski definition) is 4. The summed E-state index contributed by atoms with van der Waals surface area (Å²) in [7, 11) is 0. The Hall–Kier alpha value is -1.85. The zero-order valence-electron chi connectivity index (χ0n) is 11.1. The van der Waals surface area contributed by atoms with E-state index in [1.807, 2.05) is 12.1 Å². The van der Waals surface area contributed by atoms with E-state index in [9.17, 15) is 4.39 Å². The molecule has 5 heteroatoms. The average molecular weight is 279 g/mol. The van der Waals surface area contributed by atoms with Crippen LogP contribution in [0, 0.1) is 5.82 Å². The fourth-order valence-corrected chi connectivity index (χ4v) is 1.76. The number of benzene rings is 1. The molecule has 0 bridgehead atoms. The van der Waals surface area contributed by atoms with E-state index in [1.54, 1.807) is 12.3 Å². The Morgan fingerprint density at radius 3 is 2.95 bits per heavy atom. The van der Waals surface area contributed by atoms with Crippen molar-refractivity contribution >= 4 is 0 Å². The number of halogens is 1. The monoisotopic (exact) mass is 279 g/mol. The molecule has 2 aromatic rings. The Bertz CT molecular complexity index is 514. The summed E-state index contributed by atoms with van der Waals surface area (Å²) in [4.78, 5) is 0. The van der Waals surface area contributed by atoms with Gasteiger partial charge in [-0.3, -0.25) is 0 Å². The fourth-order valence-electron chi connectivity index (χ4n) is 1.76. The summed E-state index contributed by atoms with van der Waals surface area (Å²) in [5.74, 6) is -0.0938. The second-order valence-electron chi connectivity index (χ2n) is 4.45. The standard InChI is InChI=1S/C15H18FNO3/c16-14-9-12(4-5-15(14)18)10-17-6-2-7-19-11-13-3-1-8-20-13/h1,3-5,8-9,17-18H,2,6-7,10-11H2. The second kappa shape index (κ2) is 7.67. The van der Waals surface area contributed by atoms with Gasteiger partial charge in [0.25, 0.3) is 0 Å². The van der Waals surface area contributed by atoms with E-state index in [4.69, 9.17) is 14.3 Å². The smallest absolute Gasteiger partial charge is 0.165 e. The van der Waals surface area contributed by atoms with Gasteiger partial charge in [0, 0.05) is 13.2 Å². The van der Waals surface area contributed by atoms with Crippen molar-refractivity contribution in [1.29, 1.82) is 0 Å². The van der Waals surface area contributed by atoms with Crippen molar-refractivity contribution in [2.75, 3.05) is 13.2 Å². The van der Waals surface area contributed by atoms with Crippen LogP contribution in [0.25, 0.3) is 0 Å². The Morgan fingerprint density at radius 2 is 2.20 bits per heavy atom. The highest BCUT2D eigenvalue weighted by Gasteiger charge is 2.01. The third-order valence-electron chi connectivity index (χ3n) is 2.81. The van der Waals surface area contributed by atoms with Gasteiger partial charge in [-0.05, 0) is 42.8 Å². The van der Waals surface area contributed by atoms with Crippen molar-refractivity contribution in [3.63, 3.8) is 0 Å². The Balaban J connectivity index is 1.54. The molecule has 0 radical (unpaired) electrons. The van der Waals surface area contributed by atoms with E-state index in [2.05, 4.69) is 5.32 Å². The van der Waals surface area contributed by atoms with Gasteiger partial charge in [0.15, 0.2) is 11.6 Å². The number of furan rings is 1. The van der Waals surface area contributed by atoms with Gasteiger partial charge < -0.3 is 19.6 Å². The first-order valence-corrected chi connectivity index (χ1v) is 6.54. The molecule has 0 aliphatic carbocycles. The zero-order chi connectivity index (χ0) is 14.2. The summed E-state index contributed by atoms with van der Waals surface area (Å²) in [6.45, 7) is 2.46. The van der Waals surface area contributed by atoms with E-state index < -0.39 is 5.82 Å². The van der Waals surface area contributed by atoms with Crippen LogP contribution in [0.2, 0.25) is 0 Å². The van der Waals surface area contributed by atoms with E-state index in [0.29, 0.717) is 19.8 Å². The minimum absolute atomic E-state index is 0.319. The molecule has 1 aromatic heterocycles. The van der Waals surface area contributed by atoms with Crippen LogP contribution in [-0.2, 0) is 17.9 Å². The first-order valence-electron chi connectivity index (χ1n) is 6.54.